The number of ether oxygens (including phenoxy) is 1. The Morgan fingerprint density at radius 1 is 1.24 bits per heavy atom. The number of hydrogen-bond donors (Lipinski definition) is 0. The van der Waals surface area contributed by atoms with Gasteiger partial charge in [-0.1, -0.05) is 26.7 Å². The van der Waals surface area contributed by atoms with E-state index in [0.717, 1.165) is 25.7 Å². The molecule has 3 heteroatoms. The monoisotopic (exact) mass is 240 g/mol. The fourth-order valence-electron chi connectivity index (χ4n) is 2.69. The summed E-state index contributed by atoms with van der Waals surface area (Å²) in [6.07, 6.45) is 4.59. The van der Waals surface area contributed by atoms with Gasteiger partial charge >= 0.3 is 5.97 Å². The second kappa shape index (κ2) is 6.77. The van der Waals surface area contributed by atoms with E-state index in [2.05, 4.69) is 0 Å². The Kier molecular flexibility index (Phi) is 5.66. The predicted molar refractivity (Wildman–Crippen MR) is 66.5 cm³/mol. The second-order valence-corrected chi connectivity index (χ2v) is 5.22. The van der Waals surface area contributed by atoms with Gasteiger partial charge in [0, 0.05) is 18.3 Å². The first-order valence-electron chi connectivity index (χ1n) is 6.75. The Bertz CT molecular complexity index is 271. The Balaban J connectivity index is 2.59. The van der Waals surface area contributed by atoms with Crippen molar-refractivity contribution in [2.24, 2.45) is 17.8 Å². The summed E-state index contributed by atoms with van der Waals surface area (Å²) in [6.45, 7) is 6.13. The first-order valence-corrected chi connectivity index (χ1v) is 6.75. The summed E-state index contributed by atoms with van der Waals surface area (Å²) in [6, 6.07) is 0. The van der Waals surface area contributed by atoms with Crippen LogP contribution in [0.25, 0.3) is 0 Å². The third kappa shape index (κ3) is 4.14. The molecule has 1 saturated carbocycles. The van der Waals surface area contributed by atoms with Crippen molar-refractivity contribution in [3.63, 3.8) is 0 Å². The van der Waals surface area contributed by atoms with Gasteiger partial charge in [-0.3, -0.25) is 9.59 Å². The molecule has 1 rings (SSSR count). The fourth-order valence-corrected chi connectivity index (χ4v) is 2.69. The Labute approximate surface area is 104 Å². The summed E-state index contributed by atoms with van der Waals surface area (Å²) in [4.78, 5) is 23.6. The first kappa shape index (κ1) is 14.2. The van der Waals surface area contributed by atoms with Gasteiger partial charge < -0.3 is 4.74 Å². The lowest BCUT2D eigenvalue weighted by Crippen LogP contribution is -2.31. The smallest absolute Gasteiger partial charge is 0.306 e. The highest BCUT2D eigenvalue weighted by atomic mass is 16.5. The number of Topliss-reactive ketones (excluding diaryl/α,β-unsaturated/α-hetero) is 1. The molecule has 0 bridgehead atoms. The van der Waals surface area contributed by atoms with Gasteiger partial charge in [0.2, 0.25) is 0 Å². The average Bonchev–Trinajstić information content (AvgIpc) is 2.29. The molecule has 1 aliphatic carbocycles. The third-order valence-corrected chi connectivity index (χ3v) is 3.58. The maximum atomic E-state index is 12.1. The molecule has 3 nitrogen and oxygen atoms in total. The molecule has 0 radical (unpaired) electrons. The van der Waals surface area contributed by atoms with Gasteiger partial charge in [0.15, 0.2) is 0 Å². The average molecular weight is 240 g/mol. The highest BCUT2D eigenvalue weighted by Gasteiger charge is 2.33. The van der Waals surface area contributed by atoms with Crippen molar-refractivity contribution in [1.29, 1.82) is 0 Å². The number of carbonyl (C=O) groups is 2. The van der Waals surface area contributed by atoms with Gasteiger partial charge in [0.05, 0.1) is 6.61 Å². The van der Waals surface area contributed by atoms with E-state index < -0.39 is 0 Å². The number of hydrogen-bond acceptors (Lipinski definition) is 3. The first-order chi connectivity index (χ1) is 8.06. The van der Waals surface area contributed by atoms with Crippen molar-refractivity contribution in [2.45, 2.75) is 52.9 Å². The fraction of sp³-hybridized carbons (Fsp3) is 0.857. The number of carbonyl (C=O) groups excluding carboxylic acids is 2. The largest absolute Gasteiger partial charge is 0.466 e. The van der Waals surface area contributed by atoms with E-state index in [1.807, 2.05) is 20.8 Å². The molecule has 1 fully saturated rings. The summed E-state index contributed by atoms with van der Waals surface area (Å²) < 4.78 is 4.98. The molecule has 98 valence electrons. The van der Waals surface area contributed by atoms with E-state index in [1.54, 1.807) is 0 Å². The standard InChI is InChI=1S/C14H24O3/c1-4-17-13(15)9-11-7-5-6-8-12(11)14(16)10(2)3/h10-12H,4-9H2,1-3H3. The minimum atomic E-state index is -0.152. The number of esters is 1. The highest BCUT2D eigenvalue weighted by Crippen LogP contribution is 2.34. The lowest BCUT2D eigenvalue weighted by atomic mass is 9.73. The van der Waals surface area contributed by atoms with Crippen LogP contribution < -0.4 is 0 Å². The van der Waals surface area contributed by atoms with Crippen LogP contribution in [0, 0.1) is 17.8 Å². The normalized spacial score (nSPS) is 24.7. The highest BCUT2D eigenvalue weighted by molar-refractivity contribution is 5.83. The van der Waals surface area contributed by atoms with Crippen LogP contribution in [0.1, 0.15) is 52.9 Å². The molecule has 0 aliphatic heterocycles. The zero-order chi connectivity index (χ0) is 12.8. The molecule has 17 heavy (non-hydrogen) atoms. The number of ketones is 1. The maximum Gasteiger partial charge on any atom is 0.306 e. The summed E-state index contributed by atoms with van der Waals surface area (Å²) in [5.74, 6) is 0.522. The van der Waals surface area contributed by atoms with Crippen LogP contribution >= 0.6 is 0 Å². The molecule has 0 aromatic heterocycles. The van der Waals surface area contributed by atoms with E-state index in [0.29, 0.717) is 18.8 Å². The molecular weight excluding hydrogens is 216 g/mol. The van der Waals surface area contributed by atoms with Crippen LogP contribution in [0.4, 0.5) is 0 Å². The van der Waals surface area contributed by atoms with Gasteiger partial charge in [-0.05, 0) is 25.7 Å². The Morgan fingerprint density at radius 2 is 1.88 bits per heavy atom. The quantitative estimate of drug-likeness (QED) is 0.694. The topological polar surface area (TPSA) is 43.4 Å². The third-order valence-electron chi connectivity index (χ3n) is 3.58. The zero-order valence-corrected chi connectivity index (χ0v) is 11.2. The Morgan fingerprint density at radius 3 is 2.47 bits per heavy atom. The van der Waals surface area contributed by atoms with Crippen molar-refractivity contribution in [1.82, 2.24) is 0 Å². The molecule has 0 aromatic rings. The molecule has 2 unspecified atom stereocenters. The SMILES string of the molecule is CCOC(=O)CC1CCCCC1C(=O)C(C)C. The summed E-state index contributed by atoms with van der Waals surface area (Å²) in [7, 11) is 0. The molecule has 0 N–H and O–H groups in total. The lowest BCUT2D eigenvalue weighted by molar-refractivity contribution is -0.145. The maximum absolute atomic E-state index is 12.1. The minimum absolute atomic E-state index is 0.0720. The van der Waals surface area contributed by atoms with E-state index in [1.165, 1.54) is 0 Å². The van der Waals surface area contributed by atoms with Crippen LogP contribution in [0.5, 0.6) is 0 Å². The van der Waals surface area contributed by atoms with E-state index in [-0.39, 0.29) is 23.7 Å². The summed E-state index contributed by atoms with van der Waals surface area (Å²) >= 11 is 0. The van der Waals surface area contributed by atoms with Crippen LogP contribution in [0.3, 0.4) is 0 Å². The van der Waals surface area contributed by atoms with Gasteiger partial charge in [-0.2, -0.15) is 0 Å². The lowest BCUT2D eigenvalue weighted by Gasteiger charge is -2.30. The second-order valence-electron chi connectivity index (χ2n) is 5.22. The molecule has 0 heterocycles. The van der Waals surface area contributed by atoms with Crippen LogP contribution in [-0.2, 0) is 14.3 Å². The summed E-state index contributed by atoms with van der Waals surface area (Å²) in [5.41, 5.74) is 0. The molecule has 0 saturated heterocycles. The molecule has 0 amide bonds. The van der Waals surface area contributed by atoms with Gasteiger partial charge in [0.1, 0.15) is 5.78 Å². The molecular formula is C14H24O3. The predicted octanol–water partition coefficient (Wildman–Crippen LogP) is 2.97. The molecule has 0 spiro atoms. The van der Waals surface area contributed by atoms with Crippen molar-refractivity contribution in [3.05, 3.63) is 0 Å². The summed E-state index contributed by atoms with van der Waals surface area (Å²) in [5, 5.41) is 0. The van der Waals surface area contributed by atoms with Crippen molar-refractivity contribution in [2.75, 3.05) is 6.61 Å². The van der Waals surface area contributed by atoms with Crippen molar-refractivity contribution < 1.29 is 14.3 Å². The Hall–Kier alpha value is -0.860. The van der Waals surface area contributed by atoms with Crippen LogP contribution in [0.15, 0.2) is 0 Å². The van der Waals surface area contributed by atoms with E-state index >= 15 is 0 Å². The van der Waals surface area contributed by atoms with Crippen molar-refractivity contribution in [3.8, 4) is 0 Å². The van der Waals surface area contributed by atoms with Gasteiger partial charge in [0.25, 0.3) is 0 Å². The van der Waals surface area contributed by atoms with Crippen molar-refractivity contribution >= 4 is 11.8 Å². The van der Waals surface area contributed by atoms with Crippen LogP contribution in [0.2, 0.25) is 0 Å². The van der Waals surface area contributed by atoms with Crippen LogP contribution in [-0.4, -0.2) is 18.4 Å². The zero-order valence-electron chi connectivity index (χ0n) is 11.2. The molecule has 2 atom stereocenters. The number of rotatable bonds is 5. The molecule has 1 aliphatic rings. The van der Waals surface area contributed by atoms with E-state index in [9.17, 15) is 9.59 Å². The van der Waals surface area contributed by atoms with E-state index in [4.69, 9.17) is 4.74 Å². The minimum Gasteiger partial charge on any atom is -0.466 e. The van der Waals surface area contributed by atoms with Gasteiger partial charge in [-0.25, -0.2) is 0 Å². The van der Waals surface area contributed by atoms with Gasteiger partial charge in [-0.15, -0.1) is 0 Å². The molecule has 0 aromatic carbocycles.